The van der Waals surface area contributed by atoms with E-state index in [1.54, 1.807) is 31.4 Å². The van der Waals surface area contributed by atoms with Crippen LogP contribution in [0.1, 0.15) is 17.5 Å². The van der Waals surface area contributed by atoms with Crippen LogP contribution in [0.4, 0.5) is 0 Å². The highest BCUT2D eigenvalue weighted by atomic mass is 16.5. The molecule has 0 spiro atoms. The molecule has 2 aromatic rings. The molecule has 0 saturated carbocycles. The fourth-order valence-electron chi connectivity index (χ4n) is 2.97. The number of carbonyl (C=O) groups is 1. The van der Waals surface area contributed by atoms with Crippen molar-refractivity contribution < 1.29 is 19.4 Å². The number of amides is 1. The van der Waals surface area contributed by atoms with Gasteiger partial charge in [-0.15, -0.1) is 0 Å². The fourth-order valence-corrected chi connectivity index (χ4v) is 2.97. The number of benzene rings is 2. The molecule has 5 heteroatoms. The number of rotatable bonds is 6. The minimum atomic E-state index is -0.994. The average molecular weight is 327 g/mol. The van der Waals surface area contributed by atoms with Gasteiger partial charge >= 0.3 is 0 Å². The zero-order chi connectivity index (χ0) is 17.0. The first-order valence-corrected chi connectivity index (χ1v) is 7.95. The molecule has 0 heterocycles. The third kappa shape index (κ3) is 3.51. The highest BCUT2D eigenvalue weighted by Crippen LogP contribution is 2.36. The summed E-state index contributed by atoms with van der Waals surface area (Å²) >= 11 is 0. The van der Waals surface area contributed by atoms with Gasteiger partial charge in [-0.1, -0.05) is 24.3 Å². The van der Waals surface area contributed by atoms with Crippen LogP contribution in [0.5, 0.6) is 11.5 Å². The molecule has 1 amide bonds. The van der Waals surface area contributed by atoms with Gasteiger partial charge in [-0.3, -0.25) is 4.79 Å². The third-order valence-electron chi connectivity index (χ3n) is 4.33. The summed E-state index contributed by atoms with van der Waals surface area (Å²) in [5.41, 5.74) is 1.05. The normalized spacial score (nSPS) is 18.8. The summed E-state index contributed by atoms with van der Waals surface area (Å²) in [5.74, 6) is 1.06. The third-order valence-corrected chi connectivity index (χ3v) is 4.33. The summed E-state index contributed by atoms with van der Waals surface area (Å²) in [4.78, 5) is 12.0. The quantitative estimate of drug-likeness (QED) is 0.852. The molecule has 0 fully saturated rings. The molecule has 5 nitrogen and oxygen atoms in total. The van der Waals surface area contributed by atoms with E-state index in [-0.39, 0.29) is 19.1 Å². The molecule has 2 aromatic carbocycles. The van der Waals surface area contributed by atoms with Crippen molar-refractivity contribution >= 4 is 5.91 Å². The lowest BCUT2D eigenvalue weighted by molar-refractivity contribution is -0.124. The zero-order valence-corrected chi connectivity index (χ0v) is 13.6. The van der Waals surface area contributed by atoms with Crippen LogP contribution in [0.2, 0.25) is 0 Å². The molecular weight excluding hydrogens is 306 g/mol. The van der Waals surface area contributed by atoms with Crippen LogP contribution in [0.3, 0.4) is 0 Å². The minimum Gasteiger partial charge on any atom is -0.497 e. The van der Waals surface area contributed by atoms with Crippen molar-refractivity contribution in [1.82, 2.24) is 5.32 Å². The first kappa shape index (κ1) is 16.3. The molecule has 0 bridgehead atoms. The first-order chi connectivity index (χ1) is 11.6. The van der Waals surface area contributed by atoms with E-state index in [9.17, 15) is 9.90 Å². The molecule has 1 atom stereocenters. The number of aryl methyl sites for hydroxylation is 1. The van der Waals surface area contributed by atoms with Gasteiger partial charge in [-0.25, -0.2) is 0 Å². The van der Waals surface area contributed by atoms with Crippen molar-refractivity contribution in [2.45, 2.75) is 18.4 Å². The van der Waals surface area contributed by atoms with Crippen LogP contribution in [-0.4, -0.2) is 31.3 Å². The lowest BCUT2D eigenvalue weighted by atomic mass is 9.96. The van der Waals surface area contributed by atoms with Crippen LogP contribution in [0.25, 0.3) is 0 Å². The van der Waals surface area contributed by atoms with Crippen molar-refractivity contribution in [2.24, 2.45) is 0 Å². The van der Waals surface area contributed by atoms with Gasteiger partial charge in [0.1, 0.15) is 17.1 Å². The number of hydrogen-bond acceptors (Lipinski definition) is 4. The summed E-state index contributed by atoms with van der Waals surface area (Å²) < 4.78 is 10.5. The average Bonchev–Trinajstić information content (AvgIpc) is 2.96. The second-order valence-corrected chi connectivity index (χ2v) is 5.93. The highest BCUT2D eigenvalue weighted by molar-refractivity contribution is 5.77. The smallest absolute Gasteiger partial charge is 0.258 e. The van der Waals surface area contributed by atoms with Gasteiger partial charge in [0.05, 0.1) is 13.7 Å². The second-order valence-electron chi connectivity index (χ2n) is 5.93. The van der Waals surface area contributed by atoms with Gasteiger partial charge in [-0.2, -0.15) is 0 Å². The van der Waals surface area contributed by atoms with Crippen molar-refractivity contribution in [1.29, 1.82) is 0 Å². The molecule has 1 unspecified atom stereocenters. The number of nitrogens with one attached hydrogen (secondary N) is 1. The number of fused-ring (bicyclic) bond motifs is 1. The van der Waals surface area contributed by atoms with Crippen molar-refractivity contribution in [3.05, 3.63) is 59.7 Å². The van der Waals surface area contributed by atoms with E-state index in [2.05, 4.69) is 5.32 Å². The van der Waals surface area contributed by atoms with Crippen LogP contribution in [-0.2, 0) is 16.8 Å². The van der Waals surface area contributed by atoms with E-state index < -0.39 is 5.60 Å². The molecule has 2 N–H and O–H groups in total. The van der Waals surface area contributed by atoms with Crippen LogP contribution in [0, 0.1) is 0 Å². The Bertz CT molecular complexity index is 714. The monoisotopic (exact) mass is 327 g/mol. The number of carbonyl (C=O) groups excluding carboxylic acids is 1. The number of aliphatic hydroxyl groups is 1. The minimum absolute atomic E-state index is 0.0932. The molecule has 1 aliphatic rings. The molecule has 3 rings (SSSR count). The van der Waals surface area contributed by atoms with Gasteiger partial charge in [0.2, 0.25) is 0 Å². The molecule has 1 aliphatic carbocycles. The zero-order valence-electron chi connectivity index (χ0n) is 13.6. The van der Waals surface area contributed by atoms with E-state index in [0.717, 1.165) is 23.3 Å². The molecule has 0 aliphatic heterocycles. The molecule has 0 saturated heterocycles. The molecule has 0 aromatic heterocycles. The number of methoxy groups -OCH3 is 1. The Morgan fingerprint density at radius 1 is 1.17 bits per heavy atom. The molecule has 126 valence electrons. The molecule has 24 heavy (non-hydrogen) atoms. The fraction of sp³-hybridized carbons (Fsp3) is 0.316. The second kappa shape index (κ2) is 6.93. The lowest BCUT2D eigenvalue weighted by Crippen LogP contribution is -2.41. The largest absolute Gasteiger partial charge is 0.497 e. The summed E-state index contributed by atoms with van der Waals surface area (Å²) in [6.45, 7) is 0.0961. The van der Waals surface area contributed by atoms with Crippen molar-refractivity contribution in [3.8, 4) is 11.5 Å². The molecule has 0 radical (unpaired) electrons. The Balaban J connectivity index is 1.51. The van der Waals surface area contributed by atoms with E-state index in [1.165, 1.54) is 0 Å². The highest BCUT2D eigenvalue weighted by Gasteiger charge is 2.36. The van der Waals surface area contributed by atoms with Crippen LogP contribution < -0.4 is 14.8 Å². The maximum Gasteiger partial charge on any atom is 0.258 e. The molecular formula is C19H21NO4. The Morgan fingerprint density at radius 2 is 1.88 bits per heavy atom. The Morgan fingerprint density at radius 3 is 2.62 bits per heavy atom. The standard InChI is InChI=1S/C19H21NO4/c1-23-15-6-8-16(9-7-15)24-12-18(21)20-13-19(22)11-10-14-4-2-3-5-17(14)19/h2-9,22H,10-13H2,1H3,(H,20,21). The topological polar surface area (TPSA) is 67.8 Å². The predicted molar refractivity (Wildman–Crippen MR) is 90.2 cm³/mol. The Hall–Kier alpha value is -2.53. The van der Waals surface area contributed by atoms with Crippen molar-refractivity contribution in [3.63, 3.8) is 0 Å². The van der Waals surface area contributed by atoms with Gasteiger partial charge in [0, 0.05) is 0 Å². The number of hydrogen-bond donors (Lipinski definition) is 2. The summed E-state index contributed by atoms with van der Waals surface area (Å²) in [6, 6.07) is 14.8. The van der Waals surface area contributed by atoms with E-state index in [4.69, 9.17) is 9.47 Å². The summed E-state index contributed by atoms with van der Waals surface area (Å²) in [6.07, 6.45) is 1.44. The van der Waals surface area contributed by atoms with Gasteiger partial charge in [0.15, 0.2) is 6.61 Å². The Kier molecular flexibility index (Phi) is 4.71. The van der Waals surface area contributed by atoms with E-state index in [0.29, 0.717) is 12.2 Å². The SMILES string of the molecule is COc1ccc(OCC(=O)NCC2(O)CCc3ccccc32)cc1. The summed E-state index contributed by atoms with van der Waals surface area (Å²) in [5, 5.41) is 13.5. The first-order valence-electron chi connectivity index (χ1n) is 7.95. The maximum atomic E-state index is 12.0. The van der Waals surface area contributed by atoms with E-state index in [1.807, 2.05) is 24.3 Å². The predicted octanol–water partition coefficient (Wildman–Crippen LogP) is 2.02. The van der Waals surface area contributed by atoms with Crippen molar-refractivity contribution in [2.75, 3.05) is 20.3 Å². The van der Waals surface area contributed by atoms with Crippen LogP contribution in [0.15, 0.2) is 48.5 Å². The van der Waals surface area contributed by atoms with Crippen LogP contribution >= 0.6 is 0 Å². The van der Waals surface area contributed by atoms with Gasteiger partial charge in [0.25, 0.3) is 5.91 Å². The number of ether oxygens (including phenoxy) is 2. The van der Waals surface area contributed by atoms with Gasteiger partial charge < -0.3 is 19.9 Å². The van der Waals surface area contributed by atoms with E-state index >= 15 is 0 Å². The Labute approximate surface area is 141 Å². The summed E-state index contributed by atoms with van der Waals surface area (Å²) in [7, 11) is 1.59. The van der Waals surface area contributed by atoms with Gasteiger partial charge in [-0.05, 0) is 48.2 Å². The maximum absolute atomic E-state index is 12.0. The lowest BCUT2D eigenvalue weighted by Gasteiger charge is -2.24.